The molecule has 1 N–H and O–H groups in total. The SMILES string of the molecule is CN1CCC2(CNCCO2)C1. The summed E-state index contributed by atoms with van der Waals surface area (Å²) in [5.41, 5.74) is 0.160. The van der Waals surface area contributed by atoms with Gasteiger partial charge in [-0.05, 0) is 13.5 Å². The van der Waals surface area contributed by atoms with E-state index < -0.39 is 0 Å². The summed E-state index contributed by atoms with van der Waals surface area (Å²) in [5, 5.41) is 3.39. The minimum atomic E-state index is 0.160. The second-order valence-electron chi connectivity index (χ2n) is 3.70. The topological polar surface area (TPSA) is 24.5 Å². The van der Waals surface area contributed by atoms with Gasteiger partial charge in [0.25, 0.3) is 0 Å². The fourth-order valence-corrected chi connectivity index (χ4v) is 2.01. The fraction of sp³-hybridized carbons (Fsp3) is 1.00. The van der Waals surface area contributed by atoms with E-state index in [0.717, 1.165) is 26.2 Å². The van der Waals surface area contributed by atoms with E-state index in [0.29, 0.717) is 0 Å². The summed E-state index contributed by atoms with van der Waals surface area (Å²) in [6.07, 6.45) is 1.19. The van der Waals surface area contributed by atoms with Crippen molar-refractivity contribution >= 4 is 0 Å². The number of likely N-dealkylation sites (tertiary alicyclic amines) is 1. The van der Waals surface area contributed by atoms with Crippen molar-refractivity contribution in [2.45, 2.75) is 12.0 Å². The van der Waals surface area contributed by atoms with Crippen molar-refractivity contribution in [2.75, 3.05) is 39.8 Å². The summed E-state index contributed by atoms with van der Waals surface area (Å²) >= 11 is 0. The molecule has 1 unspecified atom stereocenters. The van der Waals surface area contributed by atoms with Gasteiger partial charge in [-0.15, -0.1) is 0 Å². The minimum Gasteiger partial charge on any atom is -0.371 e. The lowest BCUT2D eigenvalue weighted by Crippen LogP contribution is -2.51. The van der Waals surface area contributed by atoms with Gasteiger partial charge in [0.15, 0.2) is 0 Å². The van der Waals surface area contributed by atoms with Crippen molar-refractivity contribution < 1.29 is 4.74 Å². The van der Waals surface area contributed by atoms with Crippen LogP contribution in [0.15, 0.2) is 0 Å². The molecule has 2 aliphatic rings. The molecule has 2 saturated heterocycles. The second-order valence-corrected chi connectivity index (χ2v) is 3.70. The maximum atomic E-state index is 5.79. The summed E-state index contributed by atoms with van der Waals surface area (Å²) in [5.74, 6) is 0. The molecule has 2 aliphatic heterocycles. The summed E-state index contributed by atoms with van der Waals surface area (Å²) in [4.78, 5) is 2.34. The minimum absolute atomic E-state index is 0.160. The van der Waals surface area contributed by atoms with E-state index in [4.69, 9.17) is 4.74 Å². The zero-order valence-corrected chi connectivity index (χ0v) is 7.10. The molecular weight excluding hydrogens is 140 g/mol. The molecule has 1 spiro atoms. The van der Waals surface area contributed by atoms with E-state index in [1.165, 1.54) is 13.0 Å². The molecule has 0 aromatic carbocycles. The van der Waals surface area contributed by atoms with Crippen LogP contribution in [0.3, 0.4) is 0 Å². The van der Waals surface area contributed by atoms with E-state index in [1.54, 1.807) is 0 Å². The highest BCUT2D eigenvalue weighted by molar-refractivity contribution is 4.94. The average Bonchev–Trinajstić information content (AvgIpc) is 2.34. The first-order valence-electron chi connectivity index (χ1n) is 4.34. The fourth-order valence-electron chi connectivity index (χ4n) is 2.01. The molecule has 2 fully saturated rings. The zero-order chi connectivity index (χ0) is 7.73. The Bertz CT molecular complexity index is 138. The van der Waals surface area contributed by atoms with Crippen LogP contribution in [-0.4, -0.2) is 50.3 Å². The van der Waals surface area contributed by atoms with Crippen molar-refractivity contribution in [1.29, 1.82) is 0 Å². The summed E-state index contributed by atoms with van der Waals surface area (Å²) < 4.78 is 5.79. The maximum absolute atomic E-state index is 5.79. The molecule has 0 aliphatic carbocycles. The van der Waals surface area contributed by atoms with Gasteiger partial charge >= 0.3 is 0 Å². The van der Waals surface area contributed by atoms with Gasteiger partial charge in [0.2, 0.25) is 0 Å². The number of nitrogens with one attached hydrogen (secondary N) is 1. The van der Waals surface area contributed by atoms with Gasteiger partial charge in [0.1, 0.15) is 0 Å². The quantitative estimate of drug-likeness (QED) is 0.520. The van der Waals surface area contributed by atoms with E-state index in [9.17, 15) is 0 Å². The molecule has 2 rings (SSSR count). The molecule has 11 heavy (non-hydrogen) atoms. The molecule has 1 atom stereocenters. The van der Waals surface area contributed by atoms with Crippen LogP contribution in [0.1, 0.15) is 6.42 Å². The van der Waals surface area contributed by atoms with Crippen molar-refractivity contribution in [1.82, 2.24) is 10.2 Å². The average molecular weight is 156 g/mol. The lowest BCUT2D eigenvalue weighted by Gasteiger charge is -2.33. The maximum Gasteiger partial charge on any atom is 0.0944 e. The Morgan fingerprint density at radius 2 is 2.45 bits per heavy atom. The Kier molecular flexibility index (Phi) is 1.87. The number of hydrogen-bond donors (Lipinski definition) is 1. The first-order valence-corrected chi connectivity index (χ1v) is 4.34. The van der Waals surface area contributed by atoms with Crippen molar-refractivity contribution in [3.63, 3.8) is 0 Å². The second kappa shape index (κ2) is 2.73. The largest absolute Gasteiger partial charge is 0.371 e. The summed E-state index contributed by atoms with van der Waals surface area (Å²) in [7, 11) is 2.16. The van der Waals surface area contributed by atoms with Crippen LogP contribution in [-0.2, 0) is 4.74 Å². The lowest BCUT2D eigenvalue weighted by molar-refractivity contribution is -0.0560. The van der Waals surface area contributed by atoms with Crippen LogP contribution in [0.2, 0.25) is 0 Å². The number of ether oxygens (including phenoxy) is 1. The van der Waals surface area contributed by atoms with E-state index in [1.807, 2.05) is 0 Å². The number of rotatable bonds is 0. The zero-order valence-electron chi connectivity index (χ0n) is 7.10. The molecule has 64 valence electrons. The Hall–Kier alpha value is -0.120. The van der Waals surface area contributed by atoms with E-state index in [2.05, 4.69) is 17.3 Å². The van der Waals surface area contributed by atoms with Crippen molar-refractivity contribution in [2.24, 2.45) is 0 Å². The molecule has 3 nitrogen and oxygen atoms in total. The van der Waals surface area contributed by atoms with Gasteiger partial charge in [-0.25, -0.2) is 0 Å². The van der Waals surface area contributed by atoms with Gasteiger partial charge in [0, 0.05) is 26.2 Å². The van der Waals surface area contributed by atoms with Crippen molar-refractivity contribution in [3.05, 3.63) is 0 Å². The highest BCUT2D eigenvalue weighted by Gasteiger charge is 2.38. The molecule has 0 radical (unpaired) electrons. The van der Waals surface area contributed by atoms with Gasteiger partial charge in [-0.3, -0.25) is 0 Å². The highest BCUT2D eigenvalue weighted by atomic mass is 16.5. The third-order valence-electron chi connectivity index (χ3n) is 2.64. The number of morpholine rings is 1. The standard InChI is InChI=1S/C8H16N2O/c1-10-4-2-8(7-10)6-9-3-5-11-8/h9H,2-7H2,1H3. The number of nitrogens with zero attached hydrogens (tertiary/aromatic N) is 1. The van der Waals surface area contributed by atoms with Gasteiger partial charge in [0.05, 0.1) is 12.2 Å². The predicted octanol–water partition coefficient (Wildman–Crippen LogP) is -0.319. The lowest BCUT2D eigenvalue weighted by atomic mass is 10.0. The number of hydrogen-bond acceptors (Lipinski definition) is 3. The molecule has 0 bridgehead atoms. The van der Waals surface area contributed by atoms with Crippen LogP contribution < -0.4 is 5.32 Å². The van der Waals surface area contributed by atoms with Crippen LogP contribution in [0.25, 0.3) is 0 Å². The normalized spacial score (nSPS) is 40.1. The monoisotopic (exact) mass is 156 g/mol. The molecule has 3 heteroatoms. The van der Waals surface area contributed by atoms with E-state index >= 15 is 0 Å². The van der Waals surface area contributed by atoms with Gasteiger partial charge in [-0.2, -0.15) is 0 Å². The molecule has 2 heterocycles. The Balaban J connectivity index is 1.98. The van der Waals surface area contributed by atoms with Crippen LogP contribution in [0, 0.1) is 0 Å². The molecule has 0 aromatic heterocycles. The molecular formula is C8H16N2O. The third-order valence-corrected chi connectivity index (χ3v) is 2.64. The Morgan fingerprint density at radius 1 is 1.55 bits per heavy atom. The van der Waals surface area contributed by atoms with Crippen LogP contribution >= 0.6 is 0 Å². The highest BCUT2D eigenvalue weighted by Crippen LogP contribution is 2.24. The predicted molar refractivity (Wildman–Crippen MR) is 43.7 cm³/mol. The molecule has 0 amide bonds. The van der Waals surface area contributed by atoms with Gasteiger partial charge in [-0.1, -0.05) is 0 Å². The van der Waals surface area contributed by atoms with E-state index in [-0.39, 0.29) is 5.60 Å². The van der Waals surface area contributed by atoms with Crippen LogP contribution in [0.5, 0.6) is 0 Å². The van der Waals surface area contributed by atoms with Crippen molar-refractivity contribution in [3.8, 4) is 0 Å². The smallest absolute Gasteiger partial charge is 0.0944 e. The summed E-state index contributed by atoms with van der Waals surface area (Å²) in [6.45, 7) is 5.22. The summed E-state index contributed by atoms with van der Waals surface area (Å²) in [6, 6.07) is 0. The first kappa shape index (κ1) is 7.53. The Morgan fingerprint density at radius 3 is 3.00 bits per heavy atom. The molecule has 0 saturated carbocycles. The van der Waals surface area contributed by atoms with Crippen LogP contribution in [0.4, 0.5) is 0 Å². The Labute approximate surface area is 67.7 Å². The number of likely N-dealkylation sites (N-methyl/N-ethyl adjacent to an activating group) is 1. The third kappa shape index (κ3) is 1.41. The first-order chi connectivity index (χ1) is 5.31. The van der Waals surface area contributed by atoms with Gasteiger partial charge < -0.3 is 15.0 Å². The molecule has 0 aromatic rings.